The summed E-state index contributed by atoms with van der Waals surface area (Å²) in [5.74, 6) is 0.596. The molecule has 212 valence electrons. The molecule has 0 bridgehead atoms. The first kappa shape index (κ1) is 35.8. The molecule has 1 aliphatic rings. The quantitative estimate of drug-likeness (QED) is 0.256. The van der Waals surface area contributed by atoms with Crippen LogP contribution in [-0.2, 0) is 19.3 Å². The van der Waals surface area contributed by atoms with E-state index in [4.69, 9.17) is 0 Å². The van der Waals surface area contributed by atoms with Crippen molar-refractivity contribution in [1.82, 2.24) is 4.90 Å². The van der Waals surface area contributed by atoms with Crippen LogP contribution >= 0.6 is 11.8 Å². The fourth-order valence-electron chi connectivity index (χ4n) is 4.24. The normalized spacial score (nSPS) is 11.8. The van der Waals surface area contributed by atoms with Crippen LogP contribution in [0.25, 0.3) is 4.91 Å². The molecule has 0 fully saturated rings. The third-order valence-electron chi connectivity index (χ3n) is 6.85. The summed E-state index contributed by atoms with van der Waals surface area (Å²) < 4.78 is 0. The molecule has 0 saturated heterocycles. The zero-order valence-electron chi connectivity index (χ0n) is 26.5. The molecule has 3 rings (SSSR count). The second-order valence-electron chi connectivity index (χ2n) is 10.4. The second-order valence-corrected chi connectivity index (χ2v) is 11.3. The Labute approximate surface area is 241 Å². The third kappa shape index (κ3) is 13.1. The molecule has 0 saturated carbocycles. The minimum Gasteiger partial charge on any atom is -0.381 e. The average Bonchev–Trinajstić information content (AvgIpc) is 3.16. The lowest BCUT2D eigenvalue weighted by atomic mass is 9.90. The Morgan fingerprint density at radius 1 is 0.974 bits per heavy atom. The highest BCUT2D eigenvalue weighted by Crippen LogP contribution is 2.28. The van der Waals surface area contributed by atoms with Crippen LogP contribution in [0.2, 0.25) is 0 Å². The molecular weight excluding hydrogens is 478 g/mol. The number of aryl methyl sites for hydroxylation is 4. The van der Waals surface area contributed by atoms with Crippen LogP contribution in [0.4, 0.5) is 0 Å². The van der Waals surface area contributed by atoms with E-state index in [1.54, 1.807) is 29.1 Å². The molecule has 0 aromatic heterocycles. The maximum atomic E-state index is 4.08. The number of nitrogens with zero attached hydrogens (tertiary/aromatic N) is 1. The van der Waals surface area contributed by atoms with Gasteiger partial charge >= 0.3 is 0 Å². The maximum Gasteiger partial charge on any atom is 0.0140 e. The van der Waals surface area contributed by atoms with Gasteiger partial charge in [0.25, 0.3) is 0 Å². The lowest BCUT2D eigenvalue weighted by molar-refractivity contribution is 0.486. The van der Waals surface area contributed by atoms with Crippen molar-refractivity contribution in [3.63, 3.8) is 0 Å². The van der Waals surface area contributed by atoms with Crippen LogP contribution in [0.3, 0.4) is 0 Å². The molecule has 0 aliphatic heterocycles. The van der Waals surface area contributed by atoms with Crippen LogP contribution in [0.15, 0.2) is 61.8 Å². The first-order valence-corrected chi connectivity index (χ1v) is 15.7. The van der Waals surface area contributed by atoms with Crippen molar-refractivity contribution >= 4 is 16.7 Å². The van der Waals surface area contributed by atoms with E-state index in [1.807, 2.05) is 25.8 Å². The Morgan fingerprint density at radius 3 is 2.03 bits per heavy atom. The van der Waals surface area contributed by atoms with Gasteiger partial charge in [-0.25, -0.2) is 0 Å². The molecule has 2 aromatic rings. The first-order chi connectivity index (χ1) is 18.0. The van der Waals surface area contributed by atoms with Crippen molar-refractivity contribution in [2.24, 2.45) is 0 Å². The predicted octanol–water partition coefficient (Wildman–Crippen LogP) is 10.9. The van der Waals surface area contributed by atoms with Gasteiger partial charge in [0.2, 0.25) is 0 Å². The van der Waals surface area contributed by atoms with Gasteiger partial charge in [-0.2, -0.15) is 0 Å². The van der Waals surface area contributed by atoms with Crippen LogP contribution in [0, 0.1) is 13.8 Å². The molecule has 0 unspecified atom stereocenters. The average molecular weight is 536 g/mol. The molecule has 2 aromatic carbocycles. The fourth-order valence-corrected chi connectivity index (χ4v) is 4.61. The van der Waals surface area contributed by atoms with Crippen LogP contribution in [0.1, 0.15) is 106 Å². The van der Waals surface area contributed by atoms with Gasteiger partial charge in [0, 0.05) is 18.5 Å². The van der Waals surface area contributed by atoms with Gasteiger partial charge in [0.05, 0.1) is 0 Å². The second kappa shape index (κ2) is 19.8. The highest BCUT2D eigenvalue weighted by Gasteiger charge is 2.10. The van der Waals surface area contributed by atoms with E-state index in [0.717, 1.165) is 13.0 Å². The summed E-state index contributed by atoms with van der Waals surface area (Å²) >= 11 is 1.74. The highest BCUT2D eigenvalue weighted by molar-refractivity contribution is 8.07. The number of benzene rings is 2. The number of fused-ring (bicyclic) bond motifs is 1. The first-order valence-electron chi connectivity index (χ1n) is 14.5. The van der Waals surface area contributed by atoms with Gasteiger partial charge in [-0.15, -0.1) is 11.8 Å². The molecule has 1 nitrogen and oxygen atoms in total. The SMILES string of the molecule is C=C(C)Cc1cc(C)c(C)cc1C(C)C.C=C(SC)c1ccc2c(c1)CCCCC2.C=CN(C)CC.CC. The number of rotatable bonds is 7. The van der Waals surface area contributed by atoms with Crippen LogP contribution in [-0.4, -0.2) is 24.7 Å². The lowest BCUT2D eigenvalue weighted by Crippen LogP contribution is -2.06. The van der Waals surface area contributed by atoms with E-state index >= 15 is 0 Å². The number of allylic oxidation sites excluding steroid dienone is 1. The standard InChI is InChI=1S/C15H22.C14H18S.C5H11N.C2H6/c1-10(2)7-14-8-12(5)13(6)9-15(14)11(3)4;1-11(15-2)13-9-8-12-6-4-3-5-7-14(12)10-13;1-4-6(3)5-2;1-2/h8-9,11H,1,7H2,2-6H3;8-10H,1,3-7H2,2H3;4H,1,5H2,2-3H3;1-2H3. The van der Waals surface area contributed by atoms with Crippen molar-refractivity contribution < 1.29 is 0 Å². The molecule has 0 atom stereocenters. The molecule has 0 radical (unpaired) electrons. The minimum atomic E-state index is 0.596. The van der Waals surface area contributed by atoms with Gasteiger partial charge in [-0.3, -0.25) is 0 Å². The Kier molecular flexibility index (Phi) is 18.7. The van der Waals surface area contributed by atoms with Gasteiger partial charge in [-0.05, 0) is 117 Å². The molecule has 0 amide bonds. The molecular formula is C36H57NS. The van der Waals surface area contributed by atoms with Crippen molar-refractivity contribution in [3.8, 4) is 0 Å². The monoisotopic (exact) mass is 535 g/mol. The zero-order chi connectivity index (χ0) is 29.3. The van der Waals surface area contributed by atoms with Crippen LogP contribution in [0.5, 0.6) is 0 Å². The largest absolute Gasteiger partial charge is 0.381 e. The summed E-state index contributed by atoms with van der Waals surface area (Å²) in [7, 11) is 1.99. The van der Waals surface area contributed by atoms with Gasteiger partial charge in [-0.1, -0.05) is 89.8 Å². The zero-order valence-corrected chi connectivity index (χ0v) is 27.3. The van der Waals surface area contributed by atoms with E-state index in [1.165, 1.54) is 70.4 Å². The molecule has 1 aliphatic carbocycles. The Morgan fingerprint density at radius 2 is 1.55 bits per heavy atom. The van der Waals surface area contributed by atoms with Gasteiger partial charge in [0.1, 0.15) is 0 Å². The van der Waals surface area contributed by atoms with Gasteiger partial charge < -0.3 is 4.90 Å². The van der Waals surface area contributed by atoms with Crippen molar-refractivity contribution in [1.29, 1.82) is 0 Å². The fraction of sp³-hybridized carbons (Fsp3) is 0.500. The predicted molar refractivity (Wildman–Crippen MR) is 179 cm³/mol. The molecule has 0 spiro atoms. The van der Waals surface area contributed by atoms with Gasteiger partial charge in [0.15, 0.2) is 0 Å². The number of hydrogen-bond acceptors (Lipinski definition) is 2. The van der Waals surface area contributed by atoms with E-state index in [9.17, 15) is 0 Å². The molecule has 38 heavy (non-hydrogen) atoms. The molecule has 0 N–H and O–H groups in total. The lowest BCUT2D eigenvalue weighted by Gasteiger charge is -2.15. The number of hydrogen-bond donors (Lipinski definition) is 0. The van der Waals surface area contributed by atoms with E-state index < -0.39 is 0 Å². The third-order valence-corrected chi connectivity index (χ3v) is 7.58. The van der Waals surface area contributed by atoms with E-state index in [0.29, 0.717) is 5.92 Å². The Bertz CT molecular complexity index is 999. The molecule has 2 heteroatoms. The smallest absolute Gasteiger partial charge is 0.0140 e. The van der Waals surface area contributed by atoms with Crippen LogP contribution < -0.4 is 0 Å². The molecule has 0 heterocycles. The summed E-state index contributed by atoms with van der Waals surface area (Å²) in [5, 5.41) is 0. The van der Waals surface area contributed by atoms with Crippen molar-refractivity contribution in [3.05, 3.63) is 101 Å². The maximum absolute atomic E-state index is 4.08. The Balaban J connectivity index is 0.000000567. The summed E-state index contributed by atoms with van der Waals surface area (Å²) in [4.78, 5) is 3.20. The summed E-state index contributed by atoms with van der Waals surface area (Å²) in [6.07, 6.45) is 11.5. The summed E-state index contributed by atoms with van der Waals surface area (Å²) in [6.45, 7) is 29.7. The summed E-state index contributed by atoms with van der Waals surface area (Å²) in [6, 6.07) is 11.5. The van der Waals surface area contributed by atoms with E-state index in [2.05, 4.69) is 97.9 Å². The Hall–Kier alpha value is -2.19. The topological polar surface area (TPSA) is 3.24 Å². The summed E-state index contributed by atoms with van der Waals surface area (Å²) in [5.41, 5.74) is 11.4. The van der Waals surface area contributed by atoms with E-state index in [-0.39, 0.29) is 0 Å². The minimum absolute atomic E-state index is 0.596. The van der Waals surface area contributed by atoms with Crippen molar-refractivity contribution in [2.45, 2.75) is 99.8 Å². The highest BCUT2D eigenvalue weighted by atomic mass is 32.2. The van der Waals surface area contributed by atoms with Crippen molar-refractivity contribution in [2.75, 3.05) is 19.8 Å². The number of thioether (sulfide) groups is 1.